The van der Waals surface area contributed by atoms with E-state index in [0.29, 0.717) is 5.82 Å². The standard InChI is InChI=1S/C10H15N3O3/c1-6-7(2)12-9(4-11-6)13-8(5-14)10(15)16-3/h4,8,14H,5H2,1-3H3,(H,12,13). The zero-order valence-corrected chi connectivity index (χ0v) is 9.52. The first-order chi connectivity index (χ1) is 7.58. The van der Waals surface area contributed by atoms with E-state index < -0.39 is 12.0 Å². The molecular weight excluding hydrogens is 210 g/mol. The average molecular weight is 225 g/mol. The summed E-state index contributed by atoms with van der Waals surface area (Å²) in [5, 5.41) is 11.8. The Morgan fingerprint density at radius 1 is 1.56 bits per heavy atom. The van der Waals surface area contributed by atoms with Crippen molar-refractivity contribution in [3.05, 3.63) is 17.6 Å². The van der Waals surface area contributed by atoms with Gasteiger partial charge in [-0.3, -0.25) is 4.98 Å². The van der Waals surface area contributed by atoms with Gasteiger partial charge in [0.2, 0.25) is 0 Å². The summed E-state index contributed by atoms with van der Waals surface area (Å²) < 4.78 is 4.52. The van der Waals surface area contributed by atoms with E-state index in [2.05, 4.69) is 20.0 Å². The maximum atomic E-state index is 11.2. The second-order valence-electron chi connectivity index (χ2n) is 3.33. The van der Waals surface area contributed by atoms with Gasteiger partial charge in [-0.05, 0) is 13.8 Å². The fraction of sp³-hybridized carbons (Fsp3) is 0.500. The van der Waals surface area contributed by atoms with Crippen molar-refractivity contribution in [2.24, 2.45) is 0 Å². The van der Waals surface area contributed by atoms with Crippen LogP contribution in [0.5, 0.6) is 0 Å². The van der Waals surface area contributed by atoms with Crippen molar-refractivity contribution < 1.29 is 14.6 Å². The molecule has 0 aliphatic carbocycles. The summed E-state index contributed by atoms with van der Waals surface area (Å²) in [7, 11) is 1.26. The number of nitrogens with zero attached hydrogens (tertiary/aromatic N) is 2. The zero-order valence-electron chi connectivity index (χ0n) is 9.52. The molecule has 1 aromatic heterocycles. The summed E-state index contributed by atoms with van der Waals surface area (Å²) >= 11 is 0. The molecule has 1 atom stereocenters. The molecular formula is C10H15N3O3. The molecule has 6 heteroatoms. The molecule has 88 valence electrons. The summed E-state index contributed by atoms with van der Waals surface area (Å²) in [6, 6.07) is -0.818. The van der Waals surface area contributed by atoms with Crippen molar-refractivity contribution in [2.45, 2.75) is 19.9 Å². The highest BCUT2D eigenvalue weighted by molar-refractivity contribution is 5.78. The number of hydrogen-bond acceptors (Lipinski definition) is 6. The van der Waals surface area contributed by atoms with Gasteiger partial charge in [0.05, 0.1) is 31.3 Å². The zero-order chi connectivity index (χ0) is 12.1. The van der Waals surface area contributed by atoms with Gasteiger partial charge in [-0.15, -0.1) is 0 Å². The second kappa shape index (κ2) is 5.41. The first-order valence-corrected chi connectivity index (χ1v) is 4.84. The maximum Gasteiger partial charge on any atom is 0.330 e. The van der Waals surface area contributed by atoms with E-state index in [1.54, 1.807) is 0 Å². The number of rotatable bonds is 4. The third-order valence-electron chi connectivity index (χ3n) is 2.18. The third-order valence-corrected chi connectivity index (χ3v) is 2.18. The van der Waals surface area contributed by atoms with Crippen molar-refractivity contribution in [3.8, 4) is 0 Å². The summed E-state index contributed by atoms with van der Waals surface area (Å²) in [5.41, 5.74) is 1.59. The van der Waals surface area contributed by atoms with Crippen LogP contribution in [-0.2, 0) is 9.53 Å². The molecule has 0 aromatic carbocycles. The lowest BCUT2D eigenvalue weighted by molar-refractivity contribution is -0.142. The van der Waals surface area contributed by atoms with Gasteiger partial charge in [0, 0.05) is 0 Å². The normalized spacial score (nSPS) is 12.0. The van der Waals surface area contributed by atoms with Crippen molar-refractivity contribution >= 4 is 11.8 Å². The molecule has 2 N–H and O–H groups in total. The lowest BCUT2D eigenvalue weighted by Crippen LogP contribution is -2.34. The Bertz CT molecular complexity index is 382. The third kappa shape index (κ3) is 2.90. The Morgan fingerprint density at radius 3 is 2.75 bits per heavy atom. The second-order valence-corrected chi connectivity index (χ2v) is 3.33. The molecule has 1 rings (SSSR count). The van der Waals surface area contributed by atoms with Crippen LogP contribution < -0.4 is 5.32 Å². The number of hydrogen-bond donors (Lipinski definition) is 2. The molecule has 0 amide bonds. The van der Waals surface area contributed by atoms with Gasteiger partial charge >= 0.3 is 5.97 Å². The Kier molecular flexibility index (Phi) is 4.19. The molecule has 0 bridgehead atoms. The summed E-state index contributed by atoms with van der Waals surface area (Å²) in [5.74, 6) is -0.102. The topological polar surface area (TPSA) is 84.3 Å². The first kappa shape index (κ1) is 12.4. The van der Waals surface area contributed by atoms with Crippen LogP contribution in [0, 0.1) is 13.8 Å². The molecule has 0 radical (unpaired) electrons. The largest absolute Gasteiger partial charge is 0.467 e. The number of nitrogens with one attached hydrogen (secondary N) is 1. The van der Waals surface area contributed by atoms with Crippen LogP contribution in [0.2, 0.25) is 0 Å². The average Bonchev–Trinajstić information content (AvgIpc) is 2.29. The molecule has 16 heavy (non-hydrogen) atoms. The summed E-state index contributed by atoms with van der Waals surface area (Å²) in [6.07, 6.45) is 1.51. The highest BCUT2D eigenvalue weighted by Gasteiger charge is 2.18. The van der Waals surface area contributed by atoms with Gasteiger partial charge in [-0.1, -0.05) is 0 Å². The number of aromatic nitrogens is 2. The Balaban J connectivity index is 2.78. The molecule has 0 saturated heterocycles. The Labute approximate surface area is 93.7 Å². The number of anilines is 1. The number of aliphatic hydroxyl groups is 1. The van der Waals surface area contributed by atoms with Gasteiger partial charge in [0.1, 0.15) is 11.9 Å². The molecule has 0 aliphatic rings. The van der Waals surface area contributed by atoms with Crippen LogP contribution in [-0.4, -0.2) is 40.8 Å². The van der Waals surface area contributed by atoms with E-state index in [0.717, 1.165) is 11.4 Å². The number of carbonyl (C=O) groups is 1. The molecule has 6 nitrogen and oxygen atoms in total. The summed E-state index contributed by atoms with van der Waals surface area (Å²) in [6.45, 7) is 3.30. The van der Waals surface area contributed by atoms with E-state index in [1.807, 2.05) is 13.8 Å². The minimum atomic E-state index is -0.818. The fourth-order valence-electron chi connectivity index (χ4n) is 1.11. The number of ether oxygens (including phenoxy) is 1. The van der Waals surface area contributed by atoms with Crippen molar-refractivity contribution in [1.29, 1.82) is 0 Å². The molecule has 0 spiro atoms. The van der Waals surface area contributed by atoms with Gasteiger partial charge in [-0.2, -0.15) is 0 Å². The van der Waals surface area contributed by atoms with Crippen LogP contribution in [0.25, 0.3) is 0 Å². The molecule has 0 aliphatic heterocycles. The highest BCUT2D eigenvalue weighted by atomic mass is 16.5. The first-order valence-electron chi connectivity index (χ1n) is 4.84. The van der Waals surface area contributed by atoms with Crippen LogP contribution in [0.1, 0.15) is 11.4 Å². The van der Waals surface area contributed by atoms with E-state index in [9.17, 15) is 4.79 Å². The monoisotopic (exact) mass is 225 g/mol. The molecule has 0 saturated carbocycles. The lowest BCUT2D eigenvalue weighted by atomic mass is 10.3. The number of aliphatic hydroxyl groups excluding tert-OH is 1. The van der Waals surface area contributed by atoms with E-state index in [4.69, 9.17) is 5.11 Å². The predicted molar refractivity (Wildman–Crippen MR) is 58.0 cm³/mol. The van der Waals surface area contributed by atoms with Crippen LogP contribution in [0.4, 0.5) is 5.82 Å². The van der Waals surface area contributed by atoms with Gasteiger partial charge < -0.3 is 15.2 Å². The van der Waals surface area contributed by atoms with Crippen molar-refractivity contribution in [1.82, 2.24) is 9.97 Å². The fourth-order valence-corrected chi connectivity index (χ4v) is 1.11. The van der Waals surface area contributed by atoms with Crippen LogP contribution >= 0.6 is 0 Å². The van der Waals surface area contributed by atoms with Gasteiger partial charge in [0.25, 0.3) is 0 Å². The number of carbonyl (C=O) groups excluding carboxylic acids is 1. The molecule has 1 heterocycles. The number of esters is 1. The number of methoxy groups -OCH3 is 1. The van der Waals surface area contributed by atoms with Gasteiger partial charge in [0.15, 0.2) is 0 Å². The Hall–Kier alpha value is -1.69. The van der Waals surface area contributed by atoms with E-state index >= 15 is 0 Å². The van der Waals surface area contributed by atoms with E-state index in [-0.39, 0.29) is 6.61 Å². The quantitative estimate of drug-likeness (QED) is 0.704. The van der Waals surface area contributed by atoms with Gasteiger partial charge in [-0.25, -0.2) is 9.78 Å². The minimum absolute atomic E-state index is 0.360. The van der Waals surface area contributed by atoms with Crippen LogP contribution in [0.3, 0.4) is 0 Å². The summed E-state index contributed by atoms with van der Waals surface area (Å²) in [4.78, 5) is 19.5. The minimum Gasteiger partial charge on any atom is -0.467 e. The van der Waals surface area contributed by atoms with Crippen molar-refractivity contribution in [2.75, 3.05) is 19.0 Å². The molecule has 1 aromatic rings. The predicted octanol–water partition coefficient (Wildman–Crippen LogP) is 0.0392. The van der Waals surface area contributed by atoms with E-state index in [1.165, 1.54) is 13.3 Å². The smallest absolute Gasteiger partial charge is 0.330 e. The lowest BCUT2D eigenvalue weighted by Gasteiger charge is -2.14. The Morgan fingerprint density at radius 2 is 2.25 bits per heavy atom. The molecule has 0 fully saturated rings. The van der Waals surface area contributed by atoms with Crippen LogP contribution in [0.15, 0.2) is 6.20 Å². The SMILES string of the molecule is COC(=O)C(CO)Nc1cnc(C)c(C)n1. The highest BCUT2D eigenvalue weighted by Crippen LogP contribution is 2.07. The maximum absolute atomic E-state index is 11.2. The number of aryl methyl sites for hydroxylation is 2. The van der Waals surface area contributed by atoms with Crippen molar-refractivity contribution in [3.63, 3.8) is 0 Å². The molecule has 1 unspecified atom stereocenters.